The number of sulfone groups is 1. The Morgan fingerprint density at radius 1 is 1.15 bits per heavy atom. The standard InChI is InChI=1S/C20H24N2O3S/c1-14(2)15-7-9-18(10-8-15)26(24,25)19(17-4-3-11-21-12-17)13-22-20(23)16-5-6-16/h3-4,7-12,14,16,19H,5-6,13H2,1-2H3,(H,22,23)/t19-/m1/s1. The fourth-order valence-corrected chi connectivity index (χ4v) is 4.51. The van der Waals surface area contributed by atoms with Crippen LogP contribution in [-0.4, -0.2) is 25.9 Å². The summed E-state index contributed by atoms with van der Waals surface area (Å²) < 4.78 is 26.5. The minimum Gasteiger partial charge on any atom is -0.354 e. The number of nitrogens with one attached hydrogen (secondary N) is 1. The van der Waals surface area contributed by atoms with E-state index >= 15 is 0 Å². The zero-order valence-corrected chi connectivity index (χ0v) is 15.9. The first-order chi connectivity index (χ1) is 12.4. The molecule has 1 N–H and O–H groups in total. The van der Waals surface area contributed by atoms with Crippen LogP contribution in [0.25, 0.3) is 0 Å². The van der Waals surface area contributed by atoms with Crippen LogP contribution in [0.1, 0.15) is 49.0 Å². The van der Waals surface area contributed by atoms with E-state index < -0.39 is 15.1 Å². The minimum atomic E-state index is -3.65. The molecule has 0 saturated heterocycles. The van der Waals surface area contributed by atoms with Crippen molar-refractivity contribution < 1.29 is 13.2 Å². The van der Waals surface area contributed by atoms with E-state index in [2.05, 4.69) is 24.1 Å². The second kappa shape index (κ2) is 7.58. The van der Waals surface area contributed by atoms with Crippen molar-refractivity contribution in [3.05, 3.63) is 59.9 Å². The molecule has 6 heteroatoms. The summed E-state index contributed by atoms with van der Waals surface area (Å²) >= 11 is 0. The second-order valence-corrected chi connectivity index (χ2v) is 9.19. The number of amides is 1. The number of nitrogens with zero attached hydrogens (tertiary/aromatic N) is 1. The van der Waals surface area contributed by atoms with E-state index in [4.69, 9.17) is 0 Å². The van der Waals surface area contributed by atoms with E-state index in [9.17, 15) is 13.2 Å². The lowest BCUT2D eigenvalue weighted by Crippen LogP contribution is -2.32. The molecule has 0 bridgehead atoms. The monoisotopic (exact) mass is 372 g/mol. The quantitative estimate of drug-likeness (QED) is 0.809. The fraction of sp³-hybridized carbons (Fsp3) is 0.400. The highest BCUT2D eigenvalue weighted by atomic mass is 32.2. The second-order valence-electron chi connectivity index (χ2n) is 7.06. The number of hydrogen-bond donors (Lipinski definition) is 1. The van der Waals surface area contributed by atoms with Gasteiger partial charge in [-0.25, -0.2) is 8.42 Å². The van der Waals surface area contributed by atoms with Crippen molar-refractivity contribution >= 4 is 15.7 Å². The summed E-state index contributed by atoms with van der Waals surface area (Å²) in [5.41, 5.74) is 1.67. The first kappa shape index (κ1) is 18.6. The molecule has 0 radical (unpaired) electrons. The van der Waals surface area contributed by atoms with Gasteiger partial charge in [-0.15, -0.1) is 0 Å². The molecule has 1 saturated carbocycles. The summed E-state index contributed by atoms with van der Waals surface area (Å²) in [5.74, 6) is 0.306. The topological polar surface area (TPSA) is 76.1 Å². The molecule has 1 aliphatic carbocycles. The molecule has 3 rings (SSSR count). The van der Waals surface area contributed by atoms with Crippen molar-refractivity contribution in [3.8, 4) is 0 Å². The lowest BCUT2D eigenvalue weighted by Gasteiger charge is -2.19. The molecule has 138 valence electrons. The van der Waals surface area contributed by atoms with Gasteiger partial charge in [0.15, 0.2) is 9.84 Å². The molecule has 5 nitrogen and oxygen atoms in total. The van der Waals surface area contributed by atoms with Gasteiger partial charge in [0.1, 0.15) is 5.25 Å². The predicted octanol–water partition coefficient (Wildman–Crippen LogP) is 3.25. The number of carbonyl (C=O) groups excluding carboxylic acids is 1. The van der Waals surface area contributed by atoms with Gasteiger partial charge < -0.3 is 5.32 Å². The van der Waals surface area contributed by atoms with Crippen molar-refractivity contribution in [1.82, 2.24) is 10.3 Å². The maximum Gasteiger partial charge on any atom is 0.223 e. The molecule has 26 heavy (non-hydrogen) atoms. The molecule has 1 aromatic carbocycles. The van der Waals surface area contributed by atoms with Crippen molar-refractivity contribution in [2.45, 2.75) is 42.8 Å². The summed E-state index contributed by atoms with van der Waals surface area (Å²) in [5, 5.41) is 1.95. The van der Waals surface area contributed by atoms with Crippen LogP contribution >= 0.6 is 0 Å². The number of hydrogen-bond acceptors (Lipinski definition) is 4. The summed E-state index contributed by atoms with van der Waals surface area (Å²) in [6.45, 7) is 4.18. The number of rotatable bonds is 7. The SMILES string of the molecule is CC(C)c1ccc(S(=O)(=O)[C@H](CNC(=O)C2CC2)c2cccnc2)cc1. The van der Waals surface area contributed by atoms with Gasteiger partial charge in [-0.3, -0.25) is 9.78 Å². The van der Waals surface area contributed by atoms with Crippen LogP contribution in [0, 0.1) is 5.92 Å². The lowest BCUT2D eigenvalue weighted by atomic mass is 10.0. The number of carbonyl (C=O) groups is 1. The van der Waals surface area contributed by atoms with Crippen LogP contribution in [0.5, 0.6) is 0 Å². The average molecular weight is 372 g/mol. The van der Waals surface area contributed by atoms with E-state index in [-0.39, 0.29) is 23.3 Å². The zero-order valence-electron chi connectivity index (χ0n) is 15.1. The molecule has 2 aromatic rings. The Kier molecular flexibility index (Phi) is 5.41. The average Bonchev–Trinajstić information content (AvgIpc) is 3.48. The highest BCUT2D eigenvalue weighted by Gasteiger charge is 2.33. The third-order valence-corrected chi connectivity index (χ3v) is 6.83. The van der Waals surface area contributed by atoms with Gasteiger partial charge in [0, 0.05) is 24.9 Å². The van der Waals surface area contributed by atoms with Gasteiger partial charge in [0.05, 0.1) is 4.90 Å². The van der Waals surface area contributed by atoms with Crippen LogP contribution in [0.2, 0.25) is 0 Å². The Bertz CT molecular complexity index is 858. The molecular formula is C20H24N2O3S. The Balaban J connectivity index is 1.89. The third-order valence-electron chi connectivity index (χ3n) is 4.72. The van der Waals surface area contributed by atoms with E-state index in [1.807, 2.05) is 12.1 Å². The molecule has 1 amide bonds. The molecular weight excluding hydrogens is 348 g/mol. The molecule has 0 spiro atoms. The molecule has 1 aromatic heterocycles. The zero-order chi connectivity index (χ0) is 18.7. The number of benzene rings is 1. The molecule has 0 unspecified atom stereocenters. The van der Waals surface area contributed by atoms with Crippen LogP contribution in [0.4, 0.5) is 0 Å². The van der Waals surface area contributed by atoms with Crippen LogP contribution in [0.3, 0.4) is 0 Å². The van der Waals surface area contributed by atoms with Gasteiger partial charge in [0.2, 0.25) is 5.91 Å². The van der Waals surface area contributed by atoms with Gasteiger partial charge in [0.25, 0.3) is 0 Å². The molecule has 0 aliphatic heterocycles. The Hall–Kier alpha value is -2.21. The first-order valence-corrected chi connectivity index (χ1v) is 10.5. The first-order valence-electron chi connectivity index (χ1n) is 8.91. The molecule has 1 aliphatic rings. The van der Waals surface area contributed by atoms with Crippen LogP contribution < -0.4 is 5.32 Å². The van der Waals surface area contributed by atoms with Gasteiger partial charge in [-0.05, 0) is 48.1 Å². The maximum absolute atomic E-state index is 13.2. The van der Waals surface area contributed by atoms with E-state index in [0.717, 1.165) is 18.4 Å². The normalized spacial score (nSPS) is 15.7. The van der Waals surface area contributed by atoms with Gasteiger partial charge in [-0.1, -0.05) is 32.0 Å². The predicted molar refractivity (Wildman–Crippen MR) is 100 cm³/mol. The van der Waals surface area contributed by atoms with E-state index in [1.165, 1.54) is 0 Å². The fourth-order valence-electron chi connectivity index (χ4n) is 2.86. The third kappa shape index (κ3) is 4.12. The number of aromatic nitrogens is 1. The highest BCUT2D eigenvalue weighted by molar-refractivity contribution is 7.91. The molecule has 1 fully saturated rings. The highest BCUT2D eigenvalue weighted by Crippen LogP contribution is 2.31. The van der Waals surface area contributed by atoms with Crippen molar-refractivity contribution in [2.75, 3.05) is 6.54 Å². The largest absolute Gasteiger partial charge is 0.354 e. The maximum atomic E-state index is 13.2. The summed E-state index contributed by atoms with van der Waals surface area (Å²) in [4.78, 5) is 16.3. The smallest absolute Gasteiger partial charge is 0.223 e. The molecule has 1 atom stereocenters. The lowest BCUT2D eigenvalue weighted by molar-refractivity contribution is -0.122. The van der Waals surface area contributed by atoms with Gasteiger partial charge in [-0.2, -0.15) is 0 Å². The van der Waals surface area contributed by atoms with E-state index in [0.29, 0.717) is 11.5 Å². The van der Waals surface area contributed by atoms with Crippen molar-refractivity contribution in [1.29, 1.82) is 0 Å². The van der Waals surface area contributed by atoms with Crippen LogP contribution in [-0.2, 0) is 14.6 Å². The summed E-state index contributed by atoms with van der Waals surface area (Å²) in [6, 6.07) is 10.4. The summed E-state index contributed by atoms with van der Waals surface area (Å²) in [6.07, 6.45) is 4.92. The Morgan fingerprint density at radius 2 is 1.85 bits per heavy atom. The Labute approximate surface area is 154 Å². The van der Waals surface area contributed by atoms with E-state index in [1.54, 1.807) is 36.7 Å². The van der Waals surface area contributed by atoms with Gasteiger partial charge >= 0.3 is 0 Å². The minimum absolute atomic E-state index is 0.0394. The van der Waals surface area contributed by atoms with Crippen molar-refractivity contribution in [3.63, 3.8) is 0 Å². The van der Waals surface area contributed by atoms with Crippen molar-refractivity contribution in [2.24, 2.45) is 5.92 Å². The van der Waals surface area contributed by atoms with Crippen LogP contribution in [0.15, 0.2) is 53.7 Å². The number of pyridine rings is 1. The Morgan fingerprint density at radius 3 is 2.38 bits per heavy atom. The molecule has 1 heterocycles. The summed E-state index contributed by atoms with van der Waals surface area (Å²) in [7, 11) is -3.65.